The van der Waals surface area contributed by atoms with E-state index in [0.717, 1.165) is 18.1 Å². The van der Waals surface area contributed by atoms with Crippen molar-refractivity contribution >= 4 is 53.1 Å². The molecule has 0 aliphatic heterocycles. The van der Waals surface area contributed by atoms with Gasteiger partial charge in [0.05, 0.1) is 16.6 Å². The molecule has 6 nitrogen and oxygen atoms in total. The lowest BCUT2D eigenvalue weighted by Crippen LogP contribution is -2.39. The molecule has 1 heterocycles. The van der Waals surface area contributed by atoms with Gasteiger partial charge in [0.25, 0.3) is 0 Å². The van der Waals surface area contributed by atoms with Crippen molar-refractivity contribution in [3.63, 3.8) is 0 Å². The lowest BCUT2D eigenvalue weighted by Gasteiger charge is -2.22. The zero-order valence-corrected chi connectivity index (χ0v) is 16.8. The van der Waals surface area contributed by atoms with Crippen molar-refractivity contribution in [2.75, 3.05) is 20.6 Å². The molecular formula is C14H19Cl2IN6. The number of aliphatic imine (C=N–C) groups is 1. The fourth-order valence-corrected chi connectivity index (χ4v) is 2.32. The van der Waals surface area contributed by atoms with Gasteiger partial charge < -0.3 is 10.2 Å². The van der Waals surface area contributed by atoms with E-state index in [1.165, 1.54) is 6.33 Å². The molecule has 1 aromatic heterocycles. The second-order valence-corrected chi connectivity index (χ2v) is 5.55. The molecule has 23 heavy (non-hydrogen) atoms. The molecular weight excluding hydrogens is 450 g/mol. The fourth-order valence-electron chi connectivity index (χ4n) is 2.00. The first-order valence-electron chi connectivity index (χ1n) is 6.78. The molecule has 0 atom stereocenters. The molecule has 0 amide bonds. The Morgan fingerprint density at radius 2 is 2.13 bits per heavy atom. The van der Waals surface area contributed by atoms with E-state index in [1.807, 2.05) is 24.1 Å². The third kappa shape index (κ3) is 6.15. The van der Waals surface area contributed by atoms with Crippen LogP contribution >= 0.6 is 47.2 Å². The number of hydrogen-bond acceptors (Lipinski definition) is 3. The second kappa shape index (κ2) is 9.94. The van der Waals surface area contributed by atoms with Crippen molar-refractivity contribution in [2.24, 2.45) is 4.99 Å². The van der Waals surface area contributed by atoms with Crippen LogP contribution in [0.25, 0.3) is 0 Å². The monoisotopic (exact) mass is 468 g/mol. The number of halogens is 3. The third-order valence-corrected chi connectivity index (χ3v) is 3.81. The Hall–Kier alpha value is -1.06. The highest BCUT2D eigenvalue weighted by Crippen LogP contribution is 2.23. The highest BCUT2D eigenvalue weighted by Gasteiger charge is 2.07. The molecule has 0 aliphatic carbocycles. The Morgan fingerprint density at radius 3 is 2.74 bits per heavy atom. The highest BCUT2D eigenvalue weighted by atomic mass is 127. The summed E-state index contributed by atoms with van der Waals surface area (Å²) in [5.74, 6) is 0.797. The smallest absolute Gasteiger partial charge is 0.193 e. The maximum Gasteiger partial charge on any atom is 0.193 e. The Balaban J connectivity index is 0.00000264. The molecule has 0 saturated carbocycles. The van der Waals surface area contributed by atoms with Crippen molar-refractivity contribution in [1.82, 2.24) is 25.0 Å². The summed E-state index contributed by atoms with van der Waals surface area (Å²) >= 11 is 12.0. The number of aromatic nitrogens is 3. The lowest BCUT2D eigenvalue weighted by molar-refractivity contribution is 0.470. The van der Waals surface area contributed by atoms with Crippen molar-refractivity contribution in [1.29, 1.82) is 0 Å². The van der Waals surface area contributed by atoms with Crippen molar-refractivity contribution in [3.05, 3.63) is 46.5 Å². The number of guanidine groups is 1. The first-order valence-corrected chi connectivity index (χ1v) is 7.54. The first kappa shape index (κ1) is 20.0. The van der Waals surface area contributed by atoms with Crippen LogP contribution in [0.1, 0.15) is 5.56 Å². The molecule has 1 N–H and O–H groups in total. The number of nitrogens with one attached hydrogen (secondary N) is 1. The predicted molar refractivity (Wildman–Crippen MR) is 105 cm³/mol. The van der Waals surface area contributed by atoms with Crippen molar-refractivity contribution < 1.29 is 0 Å². The van der Waals surface area contributed by atoms with Gasteiger partial charge >= 0.3 is 0 Å². The Kier molecular flexibility index (Phi) is 8.64. The molecule has 2 aromatic rings. The summed E-state index contributed by atoms with van der Waals surface area (Å²) < 4.78 is 1.76. The van der Waals surface area contributed by atoms with Gasteiger partial charge in [0.2, 0.25) is 0 Å². The van der Waals surface area contributed by atoms with Gasteiger partial charge in [-0.1, -0.05) is 29.3 Å². The molecule has 1 aromatic carbocycles. The molecule has 0 fully saturated rings. The molecule has 0 bridgehead atoms. The van der Waals surface area contributed by atoms with Crippen molar-refractivity contribution in [3.8, 4) is 0 Å². The zero-order chi connectivity index (χ0) is 15.9. The van der Waals surface area contributed by atoms with E-state index in [9.17, 15) is 0 Å². The molecule has 0 unspecified atom stereocenters. The minimum atomic E-state index is 0. The van der Waals surface area contributed by atoms with Crippen LogP contribution in [0, 0.1) is 0 Å². The van der Waals surface area contributed by atoms with Gasteiger partial charge in [0.1, 0.15) is 12.7 Å². The van der Waals surface area contributed by atoms with E-state index < -0.39 is 0 Å². The summed E-state index contributed by atoms with van der Waals surface area (Å²) in [5.41, 5.74) is 1.07. The van der Waals surface area contributed by atoms with E-state index in [0.29, 0.717) is 23.1 Å². The van der Waals surface area contributed by atoms with Crippen LogP contribution < -0.4 is 5.32 Å². The van der Waals surface area contributed by atoms with Crippen LogP contribution in [0.15, 0.2) is 35.8 Å². The van der Waals surface area contributed by atoms with Gasteiger partial charge in [-0.3, -0.25) is 9.67 Å². The number of hydrogen-bond donors (Lipinski definition) is 1. The minimum Gasteiger partial charge on any atom is -0.354 e. The van der Waals surface area contributed by atoms with Crippen LogP contribution in [-0.2, 0) is 13.1 Å². The van der Waals surface area contributed by atoms with Gasteiger partial charge in [0, 0.05) is 27.2 Å². The van der Waals surface area contributed by atoms with Gasteiger partial charge in [-0.2, -0.15) is 5.10 Å². The van der Waals surface area contributed by atoms with Gasteiger partial charge in [-0.15, -0.1) is 24.0 Å². The SMILES string of the molecule is CN=C(NCCn1cncn1)N(C)Cc1ccc(Cl)c(Cl)c1.I. The fraction of sp³-hybridized carbons (Fsp3) is 0.357. The summed E-state index contributed by atoms with van der Waals surface area (Å²) in [6.45, 7) is 2.11. The van der Waals surface area contributed by atoms with Gasteiger partial charge in [0.15, 0.2) is 5.96 Å². The topological polar surface area (TPSA) is 58.3 Å². The molecule has 9 heteroatoms. The van der Waals surface area contributed by atoms with Crippen LogP contribution in [0.5, 0.6) is 0 Å². The highest BCUT2D eigenvalue weighted by molar-refractivity contribution is 14.0. The normalized spacial score (nSPS) is 11.0. The zero-order valence-electron chi connectivity index (χ0n) is 12.9. The summed E-state index contributed by atoms with van der Waals surface area (Å²) in [6, 6.07) is 5.62. The molecule has 2 rings (SSSR count). The molecule has 0 radical (unpaired) electrons. The van der Waals surface area contributed by atoms with Gasteiger partial charge in [-0.05, 0) is 17.7 Å². The van der Waals surface area contributed by atoms with Crippen molar-refractivity contribution in [2.45, 2.75) is 13.1 Å². The summed E-state index contributed by atoms with van der Waals surface area (Å²) in [7, 11) is 3.72. The quantitative estimate of drug-likeness (QED) is 0.416. The second-order valence-electron chi connectivity index (χ2n) is 4.74. The Bertz CT molecular complexity index is 632. The van der Waals surface area contributed by atoms with E-state index in [2.05, 4.69) is 20.4 Å². The van der Waals surface area contributed by atoms with Crippen LogP contribution in [0.4, 0.5) is 0 Å². The third-order valence-electron chi connectivity index (χ3n) is 3.07. The average molecular weight is 469 g/mol. The lowest BCUT2D eigenvalue weighted by atomic mass is 10.2. The van der Waals surface area contributed by atoms with E-state index >= 15 is 0 Å². The predicted octanol–water partition coefficient (Wildman–Crippen LogP) is 2.91. The standard InChI is InChI=1S/C14H18Cl2N6.HI/c1-17-14(19-5-6-22-10-18-9-20-22)21(2)8-11-3-4-12(15)13(16)7-11;/h3-4,7,9-10H,5-6,8H2,1-2H3,(H,17,19);1H. The molecule has 0 aliphatic rings. The van der Waals surface area contributed by atoms with Crippen LogP contribution in [0.3, 0.4) is 0 Å². The summed E-state index contributed by atoms with van der Waals surface area (Å²) in [4.78, 5) is 10.2. The van der Waals surface area contributed by atoms with Crippen LogP contribution in [0.2, 0.25) is 10.0 Å². The maximum absolute atomic E-state index is 6.04. The number of benzene rings is 1. The molecule has 0 spiro atoms. The number of rotatable bonds is 5. The number of nitrogens with zero attached hydrogens (tertiary/aromatic N) is 5. The Morgan fingerprint density at radius 1 is 1.35 bits per heavy atom. The minimum absolute atomic E-state index is 0. The average Bonchev–Trinajstić information content (AvgIpc) is 3.00. The van der Waals surface area contributed by atoms with Crippen LogP contribution in [-0.4, -0.2) is 46.3 Å². The van der Waals surface area contributed by atoms with Gasteiger partial charge in [-0.25, -0.2) is 4.98 Å². The van der Waals surface area contributed by atoms with E-state index in [4.69, 9.17) is 23.2 Å². The summed E-state index contributed by atoms with van der Waals surface area (Å²) in [6.07, 6.45) is 3.20. The molecule has 126 valence electrons. The van der Waals surface area contributed by atoms with E-state index in [1.54, 1.807) is 24.1 Å². The first-order chi connectivity index (χ1) is 10.6. The largest absolute Gasteiger partial charge is 0.354 e. The maximum atomic E-state index is 6.04. The Labute approximate surface area is 162 Å². The van der Waals surface area contributed by atoms with E-state index in [-0.39, 0.29) is 24.0 Å². The summed E-state index contributed by atoms with van der Waals surface area (Å²) in [5, 5.41) is 8.45. The molecule has 0 saturated heterocycles.